The molecule has 92 valence electrons. The Bertz CT molecular complexity index is 689. The predicted molar refractivity (Wildman–Crippen MR) is 83.7 cm³/mol. The molecule has 0 unspecified atom stereocenters. The number of hydrogen-bond acceptors (Lipinski definition) is 1. The summed E-state index contributed by atoms with van der Waals surface area (Å²) in [5.41, 5.74) is 3.54. The average molecular weight is 302 g/mol. The zero-order chi connectivity index (χ0) is 11.8. The summed E-state index contributed by atoms with van der Waals surface area (Å²) < 4.78 is 0. The van der Waals surface area contributed by atoms with Crippen LogP contribution in [0.3, 0.4) is 0 Å². The minimum atomic E-state index is 0. The summed E-state index contributed by atoms with van der Waals surface area (Å²) in [6, 6.07) is 16.9. The lowest BCUT2D eigenvalue weighted by Gasteiger charge is -2.10. The van der Waals surface area contributed by atoms with E-state index in [4.69, 9.17) is 4.98 Å². The van der Waals surface area contributed by atoms with Crippen LogP contribution in [-0.2, 0) is 0 Å². The normalized spacial score (nSPS) is 10.8. The predicted octanol–water partition coefficient (Wildman–Crippen LogP) is 5.09. The monoisotopic (exact) mass is 301 g/mol. The second kappa shape index (κ2) is 5.07. The second-order valence-electron chi connectivity index (χ2n) is 4.75. The molecular formula is C16H16BrN. The highest BCUT2D eigenvalue weighted by Crippen LogP contribution is 2.27. The van der Waals surface area contributed by atoms with Crippen molar-refractivity contribution in [3.63, 3.8) is 0 Å². The van der Waals surface area contributed by atoms with Gasteiger partial charge in [0.2, 0.25) is 0 Å². The topological polar surface area (TPSA) is 12.9 Å². The highest BCUT2D eigenvalue weighted by Gasteiger charge is 2.06. The molecule has 0 N–H and O–H groups in total. The van der Waals surface area contributed by atoms with Gasteiger partial charge in [0, 0.05) is 10.8 Å². The van der Waals surface area contributed by atoms with E-state index in [9.17, 15) is 0 Å². The van der Waals surface area contributed by atoms with Gasteiger partial charge in [0.15, 0.2) is 0 Å². The second-order valence-corrected chi connectivity index (χ2v) is 4.75. The minimum absolute atomic E-state index is 0. The van der Waals surface area contributed by atoms with Crippen molar-refractivity contribution in [2.24, 2.45) is 0 Å². The molecule has 2 heteroatoms. The summed E-state index contributed by atoms with van der Waals surface area (Å²) >= 11 is 0. The van der Waals surface area contributed by atoms with Crippen molar-refractivity contribution in [3.05, 3.63) is 54.1 Å². The largest absolute Gasteiger partial charge is 0.248 e. The maximum atomic E-state index is 4.72. The number of halogens is 1. The Morgan fingerprint density at radius 1 is 0.889 bits per heavy atom. The minimum Gasteiger partial charge on any atom is -0.248 e. The Balaban J connectivity index is 0.00000120. The van der Waals surface area contributed by atoms with Crippen molar-refractivity contribution in [2.45, 2.75) is 19.8 Å². The lowest BCUT2D eigenvalue weighted by atomic mass is 9.97. The first kappa shape index (κ1) is 13.0. The van der Waals surface area contributed by atoms with E-state index in [-0.39, 0.29) is 17.0 Å². The Labute approximate surface area is 118 Å². The summed E-state index contributed by atoms with van der Waals surface area (Å²) in [6.45, 7) is 4.45. The molecule has 0 aliphatic heterocycles. The Kier molecular flexibility index (Phi) is 3.67. The number of nitrogens with zero attached hydrogens (tertiary/aromatic N) is 1. The van der Waals surface area contributed by atoms with Crippen molar-refractivity contribution < 1.29 is 0 Å². The van der Waals surface area contributed by atoms with Crippen molar-refractivity contribution in [3.8, 4) is 0 Å². The third kappa shape index (κ3) is 2.13. The zero-order valence-corrected chi connectivity index (χ0v) is 12.3. The van der Waals surface area contributed by atoms with Crippen LogP contribution in [0.15, 0.2) is 48.5 Å². The van der Waals surface area contributed by atoms with Crippen LogP contribution in [0.25, 0.3) is 21.8 Å². The number of aromatic nitrogens is 1. The van der Waals surface area contributed by atoms with Gasteiger partial charge >= 0.3 is 0 Å². The zero-order valence-electron chi connectivity index (χ0n) is 10.6. The fraction of sp³-hybridized carbons (Fsp3) is 0.188. The Hall–Kier alpha value is -1.41. The van der Waals surface area contributed by atoms with Crippen LogP contribution in [0.4, 0.5) is 0 Å². The van der Waals surface area contributed by atoms with Crippen LogP contribution in [-0.4, -0.2) is 4.98 Å². The molecule has 0 aliphatic rings. The van der Waals surface area contributed by atoms with Crippen LogP contribution in [0.2, 0.25) is 0 Å². The molecule has 2 aromatic carbocycles. The average Bonchev–Trinajstić information content (AvgIpc) is 2.35. The van der Waals surface area contributed by atoms with E-state index >= 15 is 0 Å². The van der Waals surface area contributed by atoms with Gasteiger partial charge in [-0.15, -0.1) is 17.0 Å². The smallest absolute Gasteiger partial charge is 0.0712 e. The molecule has 0 amide bonds. The number of rotatable bonds is 1. The van der Waals surface area contributed by atoms with Gasteiger partial charge in [-0.2, -0.15) is 0 Å². The first-order valence-electron chi connectivity index (χ1n) is 6.04. The van der Waals surface area contributed by atoms with E-state index in [0.29, 0.717) is 5.92 Å². The molecular weight excluding hydrogens is 286 g/mol. The molecule has 0 saturated heterocycles. The van der Waals surface area contributed by atoms with Crippen LogP contribution in [0, 0.1) is 0 Å². The first-order valence-corrected chi connectivity index (χ1v) is 6.04. The number of pyridine rings is 1. The van der Waals surface area contributed by atoms with Crippen molar-refractivity contribution >= 4 is 38.8 Å². The van der Waals surface area contributed by atoms with Gasteiger partial charge in [0.25, 0.3) is 0 Å². The fourth-order valence-corrected chi connectivity index (χ4v) is 2.33. The fourth-order valence-electron chi connectivity index (χ4n) is 2.33. The molecule has 0 spiro atoms. The summed E-state index contributed by atoms with van der Waals surface area (Å²) in [7, 11) is 0. The van der Waals surface area contributed by atoms with E-state index in [1.807, 2.05) is 6.07 Å². The van der Waals surface area contributed by atoms with Gasteiger partial charge in [-0.1, -0.05) is 44.2 Å². The van der Waals surface area contributed by atoms with E-state index in [1.165, 1.54) is 16.3 Å². The van der Waals surface area contributed by atoms with Crippen molar-refractivity contribution in [1.29, 1.82) is 0 Å². The number of fused-ring (bicyclic) bond motifs is 2. The standard InChI is InChI=1S/C16H15N.BrH/c1-11(2)13-7-5-9-16-14(13)10-12-6-3-4-8-15(12)17-16;/h3-11H,1-2H3;1H. The van der Waals surface area contributed by atoms with Gasteiger partial charge in [0.1, 0.15) is 0 Å². The summed E-state index contributed by atoms with van der Waals surface area (Å²) in [4.78, 5) is 4.72. The highest BCUT2D eigenvalue weighted by molar-refractivity contribution is 8.93. The van der Waals surface area contributed by atoms with Gasteiger partial charge < -0.3 is 0 Å². The lowest BCUT2D eigenvalue weighted by Crippen LogP contribution is -1.91. The SMILES string of the molecule is Br.CC(C)c1cccc2nc3ccccc3cc12. The number of benzene rings is 2. The van der Waals surface area contributed by atoms with Crippen LogP contribution in [0.5, 0.6) is 0 Å². The van der Waals surface area contributed by atoms with E-state index in [1.54, 1.807) is 0 Å². The molecule has 0 aliphatic carbocycles. The molecule has 1 aromatic heterocycles. The van der Waals surface area contributed by atoms with Gasteiger partial charge in [-0.05, 0) is 29.7 Å². The maximum Gasteiger partial charge on any atom is 0.0712 e. The quantitative estimate of drug-likeness (QED) is 0.571. The van der Waals surface area contributed by atoms with Gasteiger partial charge in [0.05, 0.1) is 11.0 Å². The van der Waals surface area contributed by atoms with Crippen LogP contribution >= 0.6 is 17.0 Å². The molecule has 1 heterocycles. The lowest BCUT2D eigenvalue weighted by molar-refractivity contribution is 0.876. The Morgan fingerprint density at radius 3 is 2.39 bits per heavy atom. The molecule has 0 fully saturated rings. The summed E-state index contributed by atoms with van der Waals surface area (Å²) in [6.07, 6.45) is 0. The molecule has 18 heavy (non-hydrogen) atoms. The summed E-state index contributed by atoms with van der Waals surface area (Å²) in [5.74, 6) is 0.529. The molecule has 0 bridgehead atoms. The molecule has 3 aromatic rings. The molecule has 3 rings (SSSR count). The molecule has 0 atom stereocenters. The van der Waals surface area contributed by atoms with Gasteiger partial charge in [-0.25, -0.2) is 4.98 Å². The highest BCUT2D eigenvalue weighted by atomic mass is 79.9. The summed E-state index contributed by atoms with van der Waals surface area (Å²) in [5, 5.41) is 2.49. The molecule has 0 saturated carbocycles. The first-order chi connectivity index (χ1) is 8.25. The van der Waals surface area contributed by atoms with Crippen LogP contribution in [0.1, 0.15) is 25.3 Å². The molecule has 1 nitrogen and oxygen atoms in total. The van der Waals surface area contributed by atoms with Gasteiger partial charge in [-0.3, -0.25) is 0 Å². The van der Waals surface area contributed by atoms with E-state index < -0.39 is 0 Å². The van der Waals surface area contributed by atoms with Crippen LogP contribution < -0.4 is 0 Å². The van der Waals surface area contributed by atoms with Crippen molar-refractivity contribution in [2.75, 3.05) is 0 Å². The van der Waals surface area contributed by atoms with E-state index in [0.717, 1.165) is 11.0 Å². The number of hydrogen-bond donors (Lipinski definition) is 0. The molecule has 0 radical (unpaired) electrons. The number of para-hydroxylation sites is 1. The Morgan fingerprint density at radius 2 is 1.61 bits per heavy atom. The van der Waals surface area contributed by atoms with Crippen molar-refractivity contribution in [1.82, 2.24) is 4.98 Å². The third-order valence-corrected chi connectivity index (χ3v) is 3.22. The van der Waals surface area contributed by atoms with E-state index in [2.05, 4.69) is 56.3 Å². The third-order valence-electron chi connectivity index (χ3n) is 3.22. The maximum absolute atomic E-state index is 4.72.